The molecule has 0 aliphatic carbocycles. The van der Waals surface area contributed by atoms with Crippen molar-refractivity contribution in [2.45, 2.75) is 6.42 Å². The molecule has 0 atom stereocenters. The molecule has 0 unspecified atom stereocenters. The predicted octanol–water partition coefficient (Wildman–Crippen LogP) is 1.23. The molecule has 2 rings (SSSR count). The number of nitrogens with zero attached hydrogens (tertiary/aromatic N) is 1. The number of benzene rings is 1. The van der Waals surface area contributed by atoms with Gasteiger partial charge in [-0.1, -0.05) is 18.2 Å². The summed E-state index contributed by atoms with van der Waals surface area (Å²) >= 11 is 1.56. The second-order valence-electron chi connectivity index (χ2n) is 4.12. The predicted molar refractivity (Wildman–Crippen MR) is 77.6 cm³/mol. The maximum absolute atomic E-state index is 11.7. The summed E-state index contributed by atoms with van der Waals surface area (Å²) in [5, 5.41) is 5.33. The third kappa shape index (κ3) is 4.47. The first kappa shape index (κ1) is 14.2. The number of hydrogen-bond acceptors (Lipinski definition) is 4. The van der Waals surface area contributed by atoms with E-state index in [-0.39, 0.29) is 18.4 Å². The van der Waals surface area contributed by atoms with Crippen molar-refractivity contribution in [1.82, 2.24) is 15.6 Å². The minimum absolute atomic E-state index is 0.0174. The average molecular weight is 289 g/mol. The highest BCUT2D eigenvalue weighted by Gasteiger charge is 2.07. The zero-order valence-electron chi connectivity index (χ0n) is 10.8. The molecule has 1 aromatic heterocycles. The van der Waals surface area contributed by atoms with E-state index in [4.69, 9.17) is 0 Å². The number of hydrogen-bond donors (Lipinski definition) is 2. The van der Waals surface area contributed by atoms with Crippen LogP contribution < -0.4 is 10.6 Å². The van der Waals surface area contributed by atoms with Gasteiger partial charge in [0.2, 0.25) is 5.91 Å². The number of rotatable bonds is 6. The van der Waals surface area contributed by atoms with Gasteiger partial charge in [-0.25, -0.2) is 0 Å². The Morgan fingerprint density at radius 1 is 1.15 bits per heavy atom. The second kappa shape index (κ2) is 7.40. The molecule has 0 saturated heterocycles. The normalized spacial score (nSPS) is 10.0. The molecular weight excluding hydrogens is 274 g/mol. The van der Waals surface area contributed by atoms with Crippen LogP contribution in [0.15, 0.2) is 42.0 Å². The molecule has 0 bridgehead atoms. The van der Waals surface area contributed by atoms with E-state index in [0.29, 0.717) is 12.1 Å². The Hall–Kier alpha value is -2.21. The summed E-state index contributed by atoms with van der Waals surface area (Å²) < 4.78 is 0. The van der Waals surface area contributed by atoms with Gasteiger partial charge in [-0.3, -0.25) is 14.6 Å². The zero-order chi connectivity index (χ0) is 14.2. The number of amides is 2. The van der Waals surface area contributed by atoms with E-state index >= 15 is 0 Å². The molecule has 0 spiro atoms. The summed E-state index contributed by atoms with van der Waals surface area (Å²) in [7, 11) is 0. The van der Waals surface area contributed by atoms with Crippen molar-refractivity contribution < 1.29 is 9.59 Å². The maximum atomic E-state index is 11.7. The van der Waals surface area contributed by atoms with Gasteiger partial charge in [0, 0.05) is 29.6 Å². The minimum Gasteiger partial charge on any atom is -0.354 e. The number of aromatic nitrogens is 1. The van der Waals surface area contributed by atoms with Crippen LogP contribution in [0.25, 0.3) is 0 Å². The Labute approximate surface area is 121 Å². The number of nitrogens with one attached hydrogen (secondary N) is 2. The summed E-state index contributed by atoms with van der Waals surface area (Å²) in [6.07, 6.45) is 2.54. The van der Waals surface area contributed by atoms with Crippen LogP contribution in [0.2, 0.25) is 0 Å². The molecule has 2 N–H and O–H groups in total. The lowest BCUT2D eigenvalue weighted by Gasteiger charge is -2.06. The van der Waals surface area contributed by atoms with E-state index in [9.17, 15) is 9.59 Å². The molecule has 2 amide bonds. The van der Waals surface area contributed by atoms with Crippen molar-refractivity contribution in [2.75, 3.05) is 13.1 Å². The molecule has 6 heteroatoms. The fraction of sp³-hybridized carbons (Fsp3) is 0.214. The maximum Gasteiger partial charge on any atom is 0.251 e. The lowest BCUT2D eigenvalue weighted by molar-refractivity contribution is -0.120. The van der Waals surface area contributed by atoms with Gasteiger partial charge in [-0.15, -0.1) is 11.3 Å². The van der Waals surface area contributed by atoms with Gasteiger partial charge in [0.25, 0.3) is 5.91 Å². The Balaban J connectivity index is 1.66. The van der Waals surface area contributed by atoms with E-state index in [0.717, 1.165) is 11.3 Å². The van der Waals surface area contributed by atoms with Crippen molar-refractivity contribution >= 4 is 23.2 Å². The lowest BCUT2D eigenvalue weighted by atomic mass is 10.2. The summed E-state index contributed by atoms with van der Waals surface area (Å²) in [4.78, 5) is 28.4. The molecule has 5 nitrogen and oxygen atoms in total. The molecule has 0 fully saturated rings. The summed E-state index contributed by atoms with van der Waals surface area (Å²) in [5.41, 5.74) is 2.31. The van der Waals surface area contributed by atoms with Crippen molar-refractivity contribution in [3.8, 4) is 0 Å². The second-order valence-corrected chi connectivity index (χ2v) is 5.09. The van der Waals surface area contributed by atoms with E-state index in [1.54, 1.807) is 47.3 Å². The van der Waals surface area contributed by atoms with Crippen LogP contribution in [0.4, 0.5) is 0 Å². The van der Waals surface area contributed by atoms with Gasteiger partial charge in [-0.05, 0) is 12.1 Å². The van der Waals surface area contributed by atoms with E-state index in [2.05, 4.69) is 15.6 Å². The third-order valence-corrected chi connectivity index (χ3v) is 3.46. The highest BCUT2D eigenvalue weighted by molar-refractivity contribution is 7.09. The van der Waals surface area contributed by atoms with Crippen molar-refractivity contribution in [1.29, 1.82) is 0 Å². The van der Waals surface area contributed by atoms with Gasteiger partial charge in [0.15, 0.2) is 0 Å². The number of carbonyl (C=O) groups is 2. The summed E-state index contributed by atoms with van der Waals surface area (Å²) in [6.45, 7) is 0.526. The fourth-order valence-corrected chi connectivity index (χ4v) is 2.20. The van der Waals surface area contributed by atoms with Crippen LogP contribution in [0.1, 0.15) is 15.2 Å². The summed E-state index contributed by atoms with van der Waals surface area (Å²) in [5.74, 6) is -0.443. The van der Waals surface area contributed by atoms with Gasteiger partial charge < -0.3 is 10.6 Å². The van der Waals surface area contributed by atoms with Crippen LogP contribution in [0.5, 0.6) is 0 Å². The van der Waals surface area contributed by atoms with E-state index < -0.39 is 0 Å². The van der Waals surface area contributed by atoms with Crippen LogP contribution in [-0.4, -0.2) is 29.9 Å². The van der Waals surface area contributed by atoms with Crippen LogP contribution in [-0.2, 0) is 11.2 Å². The summed E-state index contributed by atoms with van der Waals surface area (Å²) in [6, 6.07) is 8.81. The molecule has 0 aliphatic heterocycles. The molecular formula is C14H15N3O2S. The standard InChI is InChI=1S/C14H15N3O2S/c18-13(16-7-6-12-8-15-10-20-12)9-17-14(19)11-4-2-1-3-5-11/h1-5,8,10H,6-7,9H2,(H,16,18)(H,17,19). The molecule has 0 saturated carbocycles. The Kier molecular flexibility index (Phi) is 5.25. The first-order valence-electron chi connectivity index (χ1n) is 6.23. The zero-order valence-corrected chi connectivity index (χ0v) is 11.7. The highest BCUT2D eigenvalue weighted by atomic mass is 32.1. The first-order valence-corrected chi connectivity index (χ1v) is 7.11. The van der Waals surface area contributed by atoms with Crippen molar-refractivity contribution in [2.24, 2.45) is 0 Å². The largest absolute Gasteiger partial charge is 0.354 e. The average Bonchev–Trinajstić information content (AvgIpc) is 2.99. The SMILES string of the molecule is O=C(CNC(=O)c1ccccc1)NCCc1cncs1. The third-order valence-electron chi connectivity index (χ3n) is 2.62. The Morgan fingerprint density at radius 3 is 2.65 bits per heavy atom. The first-order chi connectivity index (χ1) is 9.75. The number of thiazole rings is 1. The van der Waals surface area contributed by atoms with Crippen LogP contribution >= 0.6 is 11.3 Å². The van der Waals surface area contributed by atoms with Crippen molar-refractivity contribution in [3.63, 3.8) is 0 Å². The smallest absolute Gasteiger partial charge is 0.251 e. The molecule has 0 radical (unpaired) electrons. The Bertz CT molecular complexity index is 555. The highest BCUT2D eigenvalue weighted by Crippen LogP contribution is 2.04. The number of carbonyl (C=O) groups excluding carboxylic acids is 2. The molecule has 2 aromatic rings. The molecule has 0 aliphatic rings. The van der Waals surface area contributed by atoms with E-state index in [1.807, 2.05) is 6.07 Å². The van der Waals surface area contributed by atoms with Crippen molar-refractivity contribution in [3.05, 3.63) is 52.5 Å². The fourth-order valence-electron chi connectivity index (χ4n) is 1.61. The van der Waals surface area contributed by atoms with Gasteiger partial charge in [0.05, 0.1) is 12.1 Å². The quantitative estimate of drug-likeness (QED) is 0.840. The molecule has 104 valence electrons. The minimum atomic E-state index is -0.247. The topological polar surface area (TPSA) is 71.1 Å². The monoisotopic (exact) mass is 289 g/mol. The van der Waals surface area contributed by atoms with Crippen LogP contribution in [0.3, 0.4) is 0 Å². The van der Waals surface area contributed by atoms with Crippen LogP contribution in [0, 0.1) is 0 Å². The Morgan fingerprint density at radius 2 is 1.95 bits per heavy atom. The molecule has 1 aromatic carbocycles. The van der Waals surface area contributed by atoms with Gasteiger partial charge >= 0.3 is 0 Å². The van der Waals surface area contributed by atoms with E-state index in [1.165, 1.54) is 0 Å². The van der Waals surface area contributed by atoms with Gasteiger partial charge in [0.1, 0.15) is 0 Å². The molecule has 1 heterocycles. The lowest BCUT2D eigenvalue weighted by Crippen LogP contribution is -2.37. The molecule has 20 heavy (non-hydrogen) atoms. The van der Waals surface area contributed by atoms with Gasteiger partial charge in [-0.2, -0.15) is 0 Å².